The van der Waals surface area contributed by atoms with Crippen molar-refractivity contribution in [3.8, 4) is 28.6 Å². The molecular weight excluding hydrogens is 672 g/mol. The number of aliphatic hydroxyl groups is 7. The first-order valence-electron chi connectivity index (χ1n) is 15.2. The molecule has 3 heterocycles. The van der Waals surface area contributed by atoms with Gasteiger partial charge in [-0.2, -0.15) is 0 Å². The average Bonchev–Trinajstić information content (AvgIpc) is 3.03. The molecule has 0 amide bonds. The van der Waals surface area contributed by atoms with Crippen molar-refractivity contribution in [2.45, 2.75) is 80.3 Å². The van der Waals surface area contributed by atoms with Gasteiger partial charge in [-0.05, 0) is 31.2 Å². The molecule has 0 spiro atoms. The normalized spacial score (nSPS) is 29.7. The summed E-state index contributed by atoms with van der Waals surface area (Å²) in [5.41, 5.74) is -4.66. The Morgan fingerprint density at radius 2 is 1.50 bits per heavy atom. The van der Waals surface area contributed by atoms with Gasteiger partial charge in [0.15, 0.2) is 11.0 Å². The van der Waals surface area contributed by atoms with Crippen LogP contribution >= 0.6 is 0 Å². The summed E-state index contributed by atoms with van der Waals surface area (Å²) in [6.07, 6.45) is -18.6. The van der Waals surface area contributed by atoms with Gasteiger partial charge in [-0.3, -0.25) is 14.4 Å². The Morgan fingerprint density at radius 1 is 0.860 bits per heavy atom. The van der Waals surface area contributed by atoms with Crippen molar-refractivity contribution in [3.05, 3.63) is 51.7 Å². The van der Waals surface area contributed by atoms with Crippen LogP contribution in [-0.2, 0) is 23.8 Å². The molecule has 11 N–H and O–H groups in total. The summed E-state index contributed by atoms with van der Waals surface area (Å²) in [5, 5.41) is 115. The molecule has 2 aliphatic heterocycles. The number of carboxylic acid groups (broad SMARTS) is 1. The molecule has 0 saturated carbocycles. The lowest BCUT2D eigenvalue weighted by Gasteiger charge is -2.41. The minimum absolute atomic E-state index is 0.126. The summed E-state index contributed by atoms with van der Waals surface area (Å²) in [6, 6.07) is 6.25. The van der Waals surface area contributed by atoms with E-state index in [1.807, 2.05) is 0 Å². The van der Waals surface area contributed by atoms with Crippen molar-refractivity contribution in [1.82, 2.24) is 0 Å². The number of hydrogen-bond acceptors (Lipinski definition) is 17. The van der Waals surface area contributed by atoms with E-state index in [0.29, 0.717) is 0 Å². The quantitative estimate of drug-likeness (QED) is 0.112. The number of carbonyl (C=O) groups excluding carboxylic acids is 1. The minimum Gasteiger partial charge on any atom is -0.508 e. The summed E-state index contributed by atoms with van der Waals surface area (Å²) in [7, 11) is 0. The van der Waals surface area contributed by atoms with Crippen LogP contribution in [-0.4, -0.2) is 130 Å². The van der Waals surface area contributed by atoms with Gasteiger partial charge in [-0.15, -0.1) is 0 Å². The van der Waals surface area contributed by atoms with Gasteiger partial charge in [0.05, 0.1) is 36.2 Å². The van der Waals surface area contributed by atoms with Crippen molar-refractivity contribution in [2.75, 3.05) is 13.2 Å². The highest BCUT2D eigenvalue weighted by molar-refractivity contribution is 5.92. The van der Waals surface area contributed by atoms with Crippen LogP contribution in [0.1, 0.15) is 43.1 Å². The van der Waals surface area contributed by atoms with Gasteiger partial charge in [-0.25, -0.2) is 0 Å². The van der Waals surface area contributed by atoms with Crippen LogP contribution in [0.15, 0.2) is 39.5 Å². The predicted octanol–water partition coefficient (Wildman–Crippen LogP) is -1.59. The summed E-state index contributed by atoms with van der Waals surface area (Å²) >= 11 is 0. The van der Waals surface area contributed by atoms with Gasteiger partial charge in [0, 0.05) is 11.6 Å². The van der Waals surface area contributed by atoms with E-state index in [4.69, 9.17) is 23.7 Å². The van der Waals surface area contributed by atoms with E-state index in [-0.39, 0.29) is 17.1 Å². The van der Waals surface area contributed by atoms with E-state index in [0.717, 1.165) is 13.0 Å². The Labute approximate surface area is 281 Å². The number of phenolic OH excluding ortho intramolecular Hbond substituents is 3. The van der Waals surface area contributed by atoms with Gasteiger partial charge in [0.25, 0.3) is 0 Å². The number of carboxylic acids is 1. The van der Waals surface area contributed by atoms with E-state index >= 15 is 0 Å². The Kier molecular flexibility index (Phi) is 10.4. The fourth-order valence-electron chi connectivity index (χ4n) is 6.02. The fraction of sp³-hybridized carbons (Fsp3) is 0.469. The first-order chi connectivity index (χ1) is 23.4. The van der Waals surface area contributed by atoms with Gasteiger partial charge in [-0.1, -0.05) is 0 Å². The molecule has 10 atom stereocenters. The highest BCUT2D eigenvalue weighted by Crippen LogP contribution is 2.50. The Hall–Kier alpha value is -4.37. The topological polar surface area (TPSA) is 315 Å². The molecule has 2 aromatic carbocycles. The third kappa shape index (κ3) is 7.11. The number of rotatable bonds is 9. The largest absolute Gasteiger partial charge is 0.508 e. The monoisotopic (exact) mass is 708 g/mol. The number of aliphatic carboxylic acids is 1. The summed E-state index contributed by atoms with van der Waals surface area (Å²) < 4.78 is 22.3. The number of benzene rings is 2. The van der Waals surface area contributed by atoms with Gasteiger partial charge >= 0.3 is 11.9 Å². The Balaban J connectivity index is 1.63. The maximum atomic E-state index is 13.6. The second kappa shape index (κ2) is 14.1. The molecule has 0 bridgehead atoms. The highest BCUT2D eigenvalue weighted by Gasteiger charge is 2.49. The zero-order valence-corrected chi connectivity index (χ0v) is 26.2. The van der Waals surface area contributed by atoms with E-state index in [2.05, 4.69) is 0 Å². The van der Waals surface area contributed by atoms with Crippen molar-refractivity contribution < 1.29 is 84.4 Å². The molecule has 0 unspecified atom stereocenters. The molecule has 18 heteroatoms. The Morgan fingerprint density at radius 3 is 2.14 bits per heavy atom. The van der Waals surface area contributed by atoms with Crippen molar-refractivity contribution in [2.24, 2.45) is 0 Å². The van der Waals surface area contributed by atoms with Crippen LogP contribution in [0.2, 0.25) is 0 Å². The lowest BCUT2D eigenvalue weighted by molar-refractivity contribution is -0.235. The maximum Gasteiger partial charge on any atom is 0.308 e. The average molecular weight is 709 g/mol. The molecule has 2 fully saturated rings. The van der Waals surface area contributed by atoms with Crippen LogP contribution in [0.5, 0.6) is 17.2 Å². The molecule has 0 radical (unpaired) electrons. The van der Waals surface area contributed by atoms with Gasteiger partial charge in [0.1, 0.15) is 89.9 Å². The van der Waals surface area contributed by atoms with Crippen LogP contribution < -0.4 is 5.43 Å². The van der Waals surface area contributed by atoms with Crippen LogP contribution in [0.3, 0.4) is 0 Å². The number of aliphatic hydroxyl groups excluding tert-OH is 6. The lowest BCUT2D eigenvalue weighted by Crippen LogP contribution is -2.55. The molecular formula is C32H36O18. The summed E-state index contributed by atoms with van der Waals surface area (Å²) in [5.74, 6) is -4.83. The number of ether oxygens (including phenoxy) is 3. The Bertz CT molecular complexity index is 1800. The van der Waals surface area contributed by atoms with E-state index < -0.39 is 138 Å². The lowest BCUT2D eigenvalue weighted by atomic mass is 9.85. The molecule has 1 aromatic heterocycles. The van der Waals surface area contributed by atoms with E-state index in [1.54, 1.807) is 0 Å². The standard InChI is InChI=1S/C32H36O18/c1-32(46,7-17(36)37)8-18(38)47-10-16-23(40)26(43)28(45)31(50-16)21-25(42)20(30-27(44)22(39)14(35)9-48-30)24(41)19-13(34)6-15(49-29(19)21)11-2-4-12(33)5-3-11/h2-6,14,16,22-23,26-28,30-31,33,35,39-46H,7-10H2,1H3,(H,36,37)/t14-,16-,22+,23-,26+,27-,28-,30+,31+,32+/m1/s1. The summed E-state index contributed by atoms with van der Waals surface area (Å²) in [4.78, 5) is 37.1. The number of esters is 1. The first kappa shape index (κ1) is 36.9. The number of hydrogen-bond donors (Lipinski definition) is 11. The van der Waals surface area contributed by atoms with Crippen LogP contribution in [0, 0.1) is 0 Å². The van der Waals surface area contributed by atoms with Crippen LogP contribution in [0.25, 0.3) is 22.3 Å². The zero-order chi connectivity index (χ0) is 36.8. The van der Waals surface area contributed by atoms with Crippen LogP contribution in [0.4, 0.5) is 0 Å². The van der Waals surface area contributed by atoms with Crippen molar-refractivity contribution in [3.63, 3.8) is 0 Å². The second-order valence-electron chi connectivity index (χ2n) is 12.5. The number of aromatic hydroxyl groups is 3. The third-order valence-corrected chi connectivity index (χ3v) is 8.59. The first-order valence-corrected chi connectivity index (χ1v) is 15.2. The minimum atomic E-state index is -2.12. The molecule has 5 rings (SSSR count). The summed E-state index contributed by atoms with van der Waals surface area (Å²) in [6.45, 7) is -0.359. The second-order valence-corrected chi connectivity index (χ2v) is 12.5. The van der Waals surface area contributed by atoms with E-state index in [1.165, 1.54) is 24.3 Å². The molecule has 272 valence electrons. The predicted molar refractivity (Wildman–Crippen MR) is 164 cm³/mol. The SMILES string of the molecule is C[C@](O)(CC(=O)O)CC(=O)OC[C@H]1O[C@@H](c2c(O)c([C@@H]3OC[C@@H](O)[C@H](O)[C@H]3O)c(O)c3c(=O)cc(-c4ccc(O)cc4)oc23)[C@H](O)[C@@H](O)[C@@H]1O. The van der Waals surface area contributed by atoms with Crippen molar-refractivity contribution in [1.29, 1.82) is 0 Å². The van der Waals surface area contributed by atoms with Gasteiger partial charge < -0.3 is 74.8 Å². The molecule has 2 saturated heterocycles. The molecule has 0 aliphatic carbocycles. The third-order valence-electron chi connectivity index (χ3n) is 8.59. The van der Waals surface area contributed by atoms with E-state index in [9.17, 15) is 65.4 Å². The van der Waals surface area contributed by atoms with Gasteiger partial charge in [0.2, 0.25) is 0 Å². The number of carbonyl (C=O) groups is 2. The smallest absolute Gasteiger partial charge is 0.308 e. The zero-order valence-electron chi connectivity index (χ0n) is 26.2. The number of fused-ring (bicyclic) bond motifs is 1. The molecule has 3 aromatic rings. The molecule has 50 heavy (non-hydrogen) atoms. The molecule has 2 aliphatic rings. The fourth-order valence-corrected chi connectivity index (χ4v) is 6.02. The molecule has 18 nitrogen and oxygen atoms in total. The maximum absolute atomic E-state index is 13.6. The number of phenols is 3. The highest BCUT2D eigenvalue weighted by atomic mass is 16.6. The van der Waals surface area contributed by atoms with Crippen molar-refractivity contribution >= 4 is 22.9 Å².